The minimum atomic E-state index is -3.75. The van der Waals surface area contributed by atoms with Gasteiger partial charge in [-0.15, -0.1) is 0 Å². The number of amides is 1. The highest BCUT2D eigenvalue weighted by atomic mass is 32.2. The first-order chi connectivity index (χ1) is 14.7. The standard InChI is InChI=1S/C22H23N3O5S/c1-23-18-8-7-17(13-19(18)24(2)22(28)21(23)27)31(29,30)12-10-20(26)25-11-9-15-5-3-4-6-16(15)14-25/h3-8,13H,9-12,14H2,1-2H3. The molecular formula is C22H23N3O5S. The number of carbonyl (C=O) groups excluding carboxylic acids is 1. The second kappa shape index (κ2) is 7.81. The molecule has 31 heavy (non-hydrogen) atoms. The minimum Gasteiger partial charge on any atom is -0.338 e. The summed E-state index contributed by atoms with van der Waals surface area (Å²) in [6.07, 6.45) is 0.640. The minimum absolute atomic E-state index is 0.0189. The fourth-order valence-electron chi connectivity index (χ4n) is 3.96. The van der Waals surface area contributed by atoms with Crippen LogP contribution in [0, 0.1) is 0 Å². The highest BCUT2D eigenvalue weighted by molar-refractivity contribution is 7.91. The first kappa shape index (κ1) is 21.0. The van der Waals surface area contributed by atoms with Crippen LogP contribution in [0.2, 0.25) is 0 Å². The Bertz CT molecular complexity index is 1420. The van der Waals surface area contributed by atoms with Crippen molar-refractivity contribution < 1.29 is 13.2 Å². The fraction of sp³-hybridized carbons (Fsp3) is 0.318. The number of carbonyl (C=O) groups is 1. The van der Waals surface area contributed by atoms with Crippen molar-refractivity contribution in [2.75, 3.05) is 12.3 Å². The van der Waals surface area contributed by atoms with Gasteiger partial charge in [-0.3, -0.25) is 14.4 Å². The largest absolute Gasteiger partial charge is 0.338 e. The Hall–Kier alpha value is -3.20. The molecule has 1 amide bonds. The average Bonchev–Trinajstić information content (AvgIpc) is 2.79. The van der Waals surface area contributed by atoms with Crippen LogP contribution in [0.4, 0.5) is 0 Å². The van der Waals surface area contributed by atoms with Gasteiger partial charge in [-0.1, -0.05) is 24.3 Å². The maximum atomic E-state index is 12.9. The third-order valence-electron chi connectivity index (χ3n) is 5.89. The van der Waals surface area contributed by atoms with Crippen LogP contribution in [-0.4, -0.2) is 40.7 Å². The van der Waals surface area contributed by atoms with E-state index in [-0.39, 0.29) is 23.0 Å². The molecule has 1 aliphatic rings. The first-order valence-corrected chi connectivity index (χ1v) is 11.6. The molecule has 0 spiro atoms. The Morgan fingerprint density at radius 1 is 0.935 bits per heavy atom. The number of aromatic nitrogens is 2. The van der Waals surface area contributed by atoms with Crippen molar-refractivity contribution in [3.05, 3.63) is 74.3 Å². The number of aryl methyl sites for hydroxylation is 2. The number of rotatable bonds is 4. The molecule has 4 rings (SSSR count). The monoisotopic (exact) mass is 441 g/mol. The summed E-state index contributed by atoms with van der Waals surface area (Å²) in [7, 11) is -0.850. The molecule has 0 saturated carbocycles. The highest BCUT2D eigenvalue weighted by Crippen LogP contribution is 2.21. The summed E-state index contributed by atoms with van der Waals surface area (Å²) in [4.78, 5) is 38.4. The lowest BCUT2D eigenvalue weighted by Crippen LogP contribution is -2.39. The van der Waals surface area contributed by atoms with Gasteiger partial charge in [-0.2, -0.15) is 0 Å². The molecule has 1 aromatic heterocycles. The molecule has 2 aromatic carbocycles. The molecule has 0 unspecified atom stereocenters. The van der Waals surface area contributed by atoms with E-state index >= 15 is 0 Å². The van der Waals surface area contributed by atoms with Crippen LogP contribution < -0.4 is 11.1 Å². The van der Waals surface area contributed by atoms with Crippen molar-refractivity contribution in [2.24, 2.45) is 14.1 Å². The maximum absolute atomic E-state index is 12.9. The number of hydrogen-bond acceptors (Lipinski definition) is 5. The van der Waals surface area contributed by atoms with E-state index in [1.54, 1.807) is 4.90 Å². The van der Waals surface area contributed by atoms with E-state index < -0.39 is 21.0 Å². The Morgan fingerprint density at radius 2 is 1.58 bits per heavy atom. The van der Waals surface area contributed by atoms with E-state index in [0.717, 1.165) is 16.6 Å². The van der Waals surface area contributed by atoms with Crippen LogP contribution in [0.15, 0.2) is 56.9 Å². The summed E-state index contributed by atoms with van der Waals surface area (Å²) < 4.78 is 28.1. The Morgan fingerprint density at radius 3 is 2.29 bits per heavy atom. The van der Waals surface area contributed by atoms with E-state index in [1.165, 1.54) is 42.4 Å². The molecular weight excluding hydrogens is 418 g/mol. The second-order valence-electron chi connectivity index (χ2n) is 7.78. The quantitative estimate of drug-likeness (QED) is 0.562. The van der Waals surface area contributed by atoms with Gasteiger partial charge in [-0.25, -0.2) is 8.42 Å². The van der Waals surface area contributed by atoms with Gasteiger partial charge in [-0.05, 0) is 35.7 Å². The van der Waals surface area contributed by atoms with Crippen LogP contribution in [-0.2, 0) is 41.7 Å². The van der Waals surface area contributed by atoms with E-state index in [9.17, 15) is 22.8 Å². The molecule has 3 aromatic rings. The highest BCUT2D eigenvalue weighted by Gasteiger charge is 2.23. The number of fused-ring (bicyclic) bond motifs is 2. The van der Waals surface area contributed by atoms with Crippen molar-refractivity contribution >= 4 is 26.8 Å². The van der Waals surface area contributed by atoms with Gasteiger partial charge in [0.25, 0.3) is 0 Å². The Kier molecular flexibility index (Phi) is 5.30. The van der Waals surface area contributed by atoms with Gasteiger partial charge in [0.1, 0.15) is 0 Å². The topological polar surface area (TPSA) is 98.5 Å². The van der Waals surface area contributed by atoms with E-state index in [2.05, 4.69) is 0 Å². The lowest BCUT2D eigenvalue weighted by molar-refractivity contribution is -0.131. The number of benzene rings is 2. The number of sulfone groups is 1. The smallest absolute Gasteiger partial charge is 0.316 e. The normalized spacial score (nSPS) is 13.9. The van der Waals surface area contributed by atoms with Crippen LogP contribution >= 0.6 is 0 Å². The molecule has 0 bridgehead atoms. The summed E-state index contributed by atoms with van der Waals surface area (Å²) in [5.41, 5.74) is 1.69. The van der Waals surface area contributed by atoms with Crippen LogP contribution in [0.1, 0.15) is 17.5 Å². The zero-order valence-corrected chi connectivity index (χ0v) is 18.2. The van der Waals surface area contributed by atoms with Crippen molar-refractivity contribution in [3.63, 3.8) is 0 Å². The third kappa shape index (κ3) is 3.81. The fourth-order valence-corrected chi connectivity index (χ4v) is 5.21. The molecule has 0 saturated heterocycles. The van der Waals surface area contributed by atoms with Crippen LogP contribution in [0.5, 0.6) is 0 Å². The molecule has 1 aliphatic heterocycles. The van der Waals surface area contributed by atoms with E-state index in [0.29, 0.717) is 24.1 Å². The predicted octanol–water partition coefficient (Wildman–Crippen LogP) is 0.986. The summed E-state index contributed by atoms with van der Waals surface area (Å²) in [6.45, 7) is 1.06. The molecule has 0 radical (unpaired) electrons. The van der Waals surface area contributed by atoms with Gasteiger partial charge >= 0.3 is 11.1 Å². The summed E-state index contributed by atoms with van der Waals surface area (Å²) >= 11 is 0. The van der Waals surface area contributed by atoms with Gasteiger partial charge in [0, 0.05) is 33.6 Å². The average molecular weight is 442 g/mol. The SMILES string of the molecule is Cn1c(=O)c(=O)n(C)c2cc(S(=O)(=O)CCC(=O)N3CCc4ccccc4C3)ccc21. The molecule has 8 nitrogen and oxygen atoms in total. The van der Waals surface area contributed by atoms with Crippen molar-refractivity contribution in [1.82, 2.24) is 14.0 Å². The zero-order valence-electron chi connectivity index (χ0n) is 17.4. The lowest BCUT2D eigenvalue weighted by Gasteiger charge is -2.29. The summed E-state index contributed by atoms with van der Waals surface area (Å²) in [6, 6.07) is 12.2. The molecule has 162 valence electrons. The molecule has 9 heteroatoms. The Labute approximate surface area is 179 Å². The summed E-state index contributed by atoms with van der Waals surface area (Å²) in [5.74, 6) is -0.525. The summed E-state index contributed by atoms with van der Waals surface area (Å²) in [5, 5.41) is 0. The van der Waals surface area contributed by atoms with Crippen LogP contribution in [0.3, 0.4) is 0 Å². The number of nitrogens with zero attached hydrogens (tertiary/aromatic N) is 3. The maximum Gasteiger partial charge on any atom is 0.316 e. The molecule has 0 atom stereocenters. The van der Waals surface area contributed by atoms with Crippen LogP contribution in [0.25, 0.3) is 11.0 Å². The van der Waals surface area contributed by atoms with Gasteiger partial charge in [0.05, 0.1) is 21.7 Å². The molecule has 2 heterocycles. The van der Waals surface area contributed by atoms with Crippen molar-refractivity contribution in [3.8, 4) is 0 Å². The van der Waals surface area contributed by atoms with Gasteiger partial charge in [0.2, 0.25) is 5.91 Å². The van der Waals surface area contributed by atoms with Crippen molar-refractivity contribution in [1.29, 1.82) is 0 Å². The van der Waals surface area contributed by atoms with Gasteiger partial charge in [0.15, 0.2) is 9.84 Å². The molecule has 0 fully saturated rings. The van der Waals surface area contributed by atoms with Gasteiger partial charge < -0.3 is 14.0 Å². The molecule has 0 aliphatic carbocycles. The third-order valence-corrected chi connectivity index (χ3v) is 7.60. The predicted molar refractivity (Wildman–Crippen MR) is 117 cm³/mol. The Balaban J connectivity index is 1.54. The van der Waals surface area contributed by atoms with Crippen molar-refractivity contribution in [2.45, 2.75) is 24.3 Å². The zero-order chi connectivity index (χ0) is 22.3. The molecule has 0 N–H and O–H groups in total. The second-order valence-corrected chi connectivity index (χ2v) is 9.89. The first-order valence-electron chi connectivity index (χ1n) is 9.96. The van der Waals surface area contributed by atoms with E-state index in [1.807, 2.05) is 24.3 Å². The number of hydrogen-bond donors (Lipinski definition) is 0. The lowest BCUT2D eigenvalue weighted by atomic mass is 10.00. The van der Waals surface area contributed by atoms with E-state index in [4.69, 9.17) is 0 Å².